The van der Waals surface area contributed by atoms with Gasteiger partial charge in [-0.15, -0.1) is 0 Å². The van der Waals surface area contributed by atoms with Crippen molar-refractivity contribution < 1.29 is 9.47 Å². The van der Waals surface area contributed by atoms with Crippen LogP contribution in [0.4, 0.5) is 0 Å². The molecule has 0 bridgehead atoms. The van der Waals surface area contributed by atoms with Gasteiger partial charge in [-0.25, -0.2) is 0 Å². The van der Waals surface area contributed by atoms with Gasteiger partial charge in [0.1, 0.15) is 11.5 Å². The molecule has 2 aliphatic rings. The molecule has 2 saturated carbocycles. The summed E-state index contributed by atoms with van der Waals surface area (Å²) in [5.41, 5.74) is 7.98. The Morgan fingerprint density at radius 2 is 0.860 bits per heavy atom. The van der Waals surface area contributed by atoms with E-state index in [1.165, 1.54) is 112 Å². The average Bonchev–Trinajstić information content (AvgIpc) is 3.26. The zero-order valence-electron chi connectivity index (χ0n) is 35.8. The van der Waals surface area contributed by atoms with E-state index >= 15 is 0 Å². The highest BCUT2D eigenvalue weighted by Gasteiger charge is 2.22. The number of rotatable bonds is 15. The Balaban J connectivity index is 0.000000218. The van der Waals surface area contributed by atoms with Crippen LogP contribution in [-0.4, -0.2) is 13.2 Å². The third-order valence-electron chi connectivity index (χ3n) is 11.9. The van der Waals surface area contributed by atoms with Gasteiger partial charge in [0.15, 0.2) is 0 Å². The summed E-state index contributed by atoms with van der Waals surface area (Å²) in [4.78, 5) is 0. The van der Waals surface area contributed by atoms with Crippen molar-refractivity contribution in [1.29, 1.82) is 0 Å². The number of hydrogen-bond acceptors (Lipinski definition) is 2. The van der Waals surface area contributed by atoms with Crippen molar-refractivity contribution in [3.05, 3.63) is 130 Å². The van der Waals surface area contributed by atoms with E-state index < -0.39 is 0 Å². The molecule has 0 spiro atoms. The molecule has 2 nitrogen and oxygen atoms in total. The topological polar surface area (TPSA) is 18.5 Å². The van der Waals surface area contributed by atoms with Crippen molar-refractivity contribution in [3.63, 3.8) is 0 Å². The van der Waals surface area contributed by atoms with Gasteiger partial charge < -0.3 is 9.47 Å². The lowest BCUT2D eigenvalue weighted by Crippen LogP contribution is -2.12. The largest absolute Gasteiger partial charge is 0.494 e. The first kappa shape index (κ1) is 43.7. The van der Waals surface area contributed by atoms with Gasteiger partial charge in [-0.1, -0.05) is 137 Å². The molecule has 0 unspecified atom stereocenters. The first-order valence-electron chi connectivity index (χ1n) is 22.7. The SMILES string of the molecule is CCCCCCOc1ccc(C#CC2CCC(c3ccc(C)cc3)CC2)cc1.CCCCCCOc1ccc(C#CC2CCC(c3ccc(CC)cc3)CC2)cc1. The van der Waals surface area contributed by atoms with Crippen LogP contribution < -0.4 is 9.47 Å². The number of hydrogen-bond donors (Lipinski definition) is 0. The maximum Gasteiger partial charge on any atom is 0.119 e. The Morgan fingerprint density at radius 1 is 0.456 bits per heavy atom. The van der Waals surface area contributed by atoms with Crippen LogP contribution in [0.1, 0.15) is 169 Å². The van der Waals surface area contributed by atoms with Gasteiger partial charge in [0, 0.05) is 23.0 Å². The summed E-state index contributed by atoms with van der Waals surface area (Å²) < 4.78 is 11.6. The van der Waals surface area contributed by atoms with Crippen molar-refractivity contribution in [2.24, 2.45) is 11.8 Å². The van der Waals surface area contributed by atoms with Crippen molar-refractivity contribution >= 4 is 0 Å². The fourth-order valence-electron chi connectivity index (χ4n) is 8.08. The molecular formula is C55H70O2. The second-order valence-electron chi connectivity index (χ2n) is 16.5. The number of aryl methyl sites for hydroxylation is 2. The molecular weight excluding hydrogens is 693 g/mol. The van der Waals surface area contributed by atoms with Crippen LogP contribution in [-0.2, 0) is 6.42 Å². The minimum absolute atomic E-state index is 0.538. The smallest absolute Gasteiger partial charge is 0.119 e. The average molecular weight is 763 g/mol. The highest BCUT2D eigenvalue weighted by atomic mass is 16.5. The van der Waals surface area contributed by atoms with Gasteiger partial charge in [0.25, 0.3) is 0 Å². The summed E-state index contributed by atoms with van der Waals surface area (Å²) >= 11 is 0. The Bertz CT molecular complexity index is 1800. The molecule has 6 rings (SSSR count). The predicted octanol–water partition coefficient (Wildman–Crippen LogP) is 14.8. The van der Waals surface area contributed by atoms with Crippen LogP contribution in [0.15, 0.2) is 97.1 Å². The quantitative estimate of drug-likeness (QED) is 0.0887. The van der Waals surface area contributed by atoms with Crippen LogP contribution in [0.2, 0.25) is 0 Å². The zero-order chi connectivity index (χ0) is 39.9. The van der Waals surface area contributed by atoms with E-state index in [2.05, 4.69) is 148 Å². The highest BCUT2D eigenvalue weighted by Crippen LogP contribution is 2.37. The van der Waals surface area contributed by atoms with E-state index in [1.54, 1.807) is 0 Å². The molecule has 2 heteroatoms. The number of ether oxygens (including phenoxy) is 2. The number of benzene rings is 4. The highest BCUT2D eigenvalue weighted by molar-refractivity contribution is 5.40. The molecule has 302 valence electrons. The predicted molar refractivity (Wildman–Crippen MR) is 242 cm³/mol. The molecule has 0 heterocycles. The Labute approximate surface area is 347 Å². The lowest BCUT2D eigenvalue weighted by molar-refractivity contribution is 0.305. The fourth-order valence-corrected chi connectivity index (χ4v) is 8.08. The first-order valence-corrected chi connectivity index (χ1v) is 22.7. The summed E-state index contributed by atoms with van der Waals surface area (Å²) in [6.45, 7) is 10.5. The monoisotopic (exact) mass is 763 g/mol. The number of unbranched alkanes of at least 4 members (excludes halogenated alkanes) is 6. The molecule has 0 atom stereocenters. The van der Waals surface area contributed by atoms with E-state index in [0.717, 1.165) is 55.1 Å². The van der Waals surface area contributed by atoms with Crippen molar-refractivity contribution in [1.82, 2.24) is 0 Å². The Morgan fingerprint density at radius 3 is 1.25 bits per heavy atom. The zero-order valence-corrected chi connectivity index (χ0v) is 35.8. The molecule has 0 saturated heterocycles. The molecule has 2 aliphatic carbocycles. The first-order chi connectivity index (χ1) is 28.0. The summed E-state index contributed by atoms with van der Waals surface area (Å²) in [5, 5.41) is 0. The fraction of sp³-hybridized carbons (Fsp3) is 0.491. The second-order valence-corrected chi connectivity index (χ2v) is 16.5. The summed E-state index contributed by atoms with van der Waals surface area (Å²) in [6.07, 6.45) is 20.9. The van der Waals surface area contributed by atoms with Gasteiger partial charge in [-0.3, -0.25) is 0 Å². The molecule has 0 aliphatic heterocycles. The van der Waals surface area contributed by atoms with Gasteiger partial charge in [-0.2, -0.15) is 0 Å². The summed E-state index contributed by atoms with van der Waals surface area (Å²) in [7, 11) is 0. The third-order valence-corrected chi connectivity index (χ3v) is 11.9. The van der Waals surface area contributed by atoms with Crippen LogP contribution in [0.25, 0.3) is 0 Å². The van der Waals surface area contributed by atoms with Crippen molar-refractivity contribution in [2.45, 2.75) is 149 Å². The van der Waals surface area contributed by atoms with Crippen molar-refractivity contribution in [3.8, 4) is 35.2 Å². The lowest BCUT2D eigenvalue weighted by Gasteiger charge is -2.26. The van der Waals surface area contributed by atoms with Crippen LogP contribution >= 0.6 is 0 Å². The lowest BCUT2D eigenvalue weighted by atomic mass is 9.79. The van der Waals surface area contributed by atoms with Crippen LogP contribution in [0.3, 0.4) is 0 Å². The van der Waals surface area contributed by atoms with E-state index in [-0.39, 0.29) is 0 Å². The Hall–Kier alpha value is -4.40. The summed E-state index contributed by atoms with van der Waals surface area (Å²) in [6, 6.07) is 34.9. The molecule has 0 aromatic heterocycles. The van der Waals surface area contributed by atoms with Gasteiger partial charge in [-0.05, 0) is 155 Å². The van der Waals surface area contributed by atoms with E-state index in [9.17, 15) is 0 Å². The third kappa shape index (κ3) is 15.8. The van der Waals surface area contributed by atoms with E-state index in [0.29, 0.717) is 23.7 Å². The van der Waals surface area contributed by atoms with Gasteiger partial charge >= 0.3 is 0 Å². The molecule has 0 radical (unpaired) electrons. The maximum atomic E-state index is 5.82. The molecule has 57 heavy (non-hydrogen) atoms. The normalized spacial score (nSPS) is 18.8. The molecule has 0 N–H and O–H groups in total. The molecule has 4 aromatic carbocycles. The van der Waals surface area contributed by atoms with Crippen LogP contribution in [0, 0.1) is 42.4 Å². The standard InChI is InChI=1S/C28H36O.C27H34O/c1-3-5-6-7-22-29-28-20-14-25(15-21-28)9-8-24-12-18-27(19-13-24)26-16-10-23(4-2)11-17-26;1-3-4-5-6-21-28-27-19-13-24(14-20-27)10-9-23-11-17-26(18-12-23)25-15-7-22(2)8-16-25/h10-11,14-17,20-21,24,27H,3-7,12-13,18-19,22H2,1-2H3;7-8,13-16,19-20,23,26H,3-6,11-12,17-18,21H2,1-2H3. The van der Waals surface area contributed by atoms with Crippen LogP contribution in [0.5, 0.6) is 11.5 Å². The van der Waals surface area contributed by atoms with E-state index in [4.69, 9.17) is 9.47 Å². The maximum absolute atomic E-state index is 5.82. The Kier molecular flexibility index (Phi) is 19.2. The van der Waals surface area contributed by atoms with Gasteiger partial charge in [0.05, 0.1) is 13.2 Å². The molecule has 0 amide bonds. The van der Waals surface area contributed by atoms with Gasteiger partial charge in [0.2, 0.25) is 0 Å². The molecule has 2 fully saturated rings. The minimum atomic E-state index is 0.538. The minimum Gasteiger partial charge on any atom is -0.494 e. The summed E-state index contributed by atoms with van der Waals surface area (Å²) in [5.74, 6) is 18.2. The second kappa shape index (κ2) is 25.1. The molecule has 4 aromatic rings. The van der Waals surface area contributed by atoms with E-state index in [1.807, 2.05) is 0 Å². The van der Waals surface area contributed by atoms with Crippen molar-refractivity contribution in [2.75, 3.05) is 13.2 Å².